The van der Waals surface area contributed by atoms with E-state index in [2.05, 4.69) is 24.4 Å². The third kappa shape index (κ3) is 13.8. The average molecular weight is 394 g/mol. The molecule has 4 heteroatoms. The van der Waals surface area contributed by atoms with E-state index in [1.165, 1.54) is 77.0 Å². The third-order valence-corrected chi connectivity index (χ3v) is 5.43. The number of carbonyl (C=O) groups is 2. The minimum Gasteiger partial charge on any atom is -0.464 e. The Balaban J connectivity index is 1.76. The van der Waals surface area contributed by atoms with Crippen LogP contribution in [0, 0.1) is 0 Å². The Morgan fingerprint density at radius 2 is 1.43 bits per heavy atom. The van der Waals surface area contributed by atoms with E-state index in [-0.39, 0.29) is 11.9 Å². The van der Waals surface area contributed by atoms with E-state index in [9.17, 15) is 9.59 Å². The fourth-order valence-corrected chi connectivity index (χ4v) is 3.59. The largest absolute Gasteiger partial charge is 0.464 e. The van der Waals surface area contributed by atoms with Gasteiger partial charge in [-0.3, -0.25) is 4.79 Å². The summed E-state index contributed by atoms with van der Waals surface area (Å²) in [6, 6.07) is -0.413. The van der Waals surface area contributed by atoms with E-state index in [0.717, 1.165) is 19.3 Å². The normalized spacial score (nSPS) is 16.6. The molecule has 1 amide bonds. The van der Waals surface area contributed by atoms with Gasteiger partial charge in [-0.05, 0) is 38.5 Å². The Hall–Kier alpha value is -1.32. The van der Waals surface area contributed by atoms with Crippen molar-refractivity contribution in [1.82, 2.24) is 5.32 Å². The molecule has 1 saturated heterocycles. The van der Waals surface area contributed by atoms with Crippen LogP contribution in [0.25, 0.3) is 0 Å². The van der Waals surface area contributed by atoms with E-state index in [0.29, 0.717) is 19.4 Å². The van der Waals surface area contributed by atoms with Gasteiger partial charge in [0.25, 0.3) is 0 Å². The molecule has 1 N–H and O–H groups in total. The molecule has 1 atom stereocenters. The van der Waals surface area contributed by atoms with Gasteiger partial charge in [0.1, 0.15) is 6.04 Å². The van der Waals surface area contributed by atoms with Crippen molar-refractivity contribution in [3.8, 4) is 0 Å². The maximum atomic E-state index is 11.7. The number of carbonyl (C=O) groups excluding carboxylic acids is 2. The molecule has 0 spiro atoms. The van der Waals surface area contributed by atoms with Crippen LogP contribution in [-0.2, 0) is 14.3 Å². The van der Waals surface area contributed by atoms with Gasteiger partial charge in [-0.1, -0.05) is 83.3 Å². The molecule has 0 saturated carbocycles. The molecule has 162 valence electrons. The first kappa shape index (κ1) is 24.7. The van der Waals surface area contributed by atoms with Crippen molar-refractivity contribution in [2.24, 2.45) is 0 Å². The molecule has 28 heavy (non-hydrogen) atoms. The molecule has 1 aliphatic rings. The number of esters is 1. The van der Waals surface area contributed by atoms with Crippen molar-refractivity contribution in [2.45, 2.75) is 122 Å². The summed E-state index contributed by atoms with van der Waals surface area (Å²) in [6.07, 6.45) is 25.0. The maximum absolute atomic E-state index is 11.7. The molecule has 0 unspecified atom stereocenters. The molecule has 0 aromatic rings. The number of ether oxygens (including phenoxy) is 1. The summed E-state index contributed by atoms with van der Waals surface area (Å²) in [5.74, 6) is -0.321. The van der Waals surface area contributed by atoms with Crippen molar-refractivity contribution in [3.63, 3.8) is 0 Å². The topological polar surface area (TPSA) is 55.4 Å². The Labute approximate surface area is 172 Å². The molecule has 0 aromatic carbocycles. The number of nitrogens with one attached hydrogen (secondary N) is 1. The highest BCUT2D eigenvalue weighted by Gasteiger charge is 2.28. The second-order valence-electron chi connectivity index (χ2n) is 8.12. The van der Waals surface area contributed by atoms with Gasteiger partial charge in [-0.15, -0.1) is 0 Å². The molecule has 4 nitrogen and oxygen atoms in total. The van der Waals surface area contributed by atoms with Crippen LogP contribution in [0.3, 0.4) is 0 Å². The fraction of sp³-hybridized carbons (Fsp3) is 0.833. The smallest absolute Gasteiger partial charge is 0.328 e. The van der Waals surface area contributed by atoms with Gasteiger partial charge in [0, 0.05) is 6.42 Å². The monoisotopic (exact) mass is 393 g/mol. The van der Waals surface area contributed by atoms with E-state index in [1.807, 2.05) is 0 Å². The second kappa shape index (κ2) is 17.8. The summed E-state index contributed by atoms with van der Waals surface area (Å²) in [4.78, 5) is 22.8. The molecule has 0 aromatic heterocycles. The first-order valence-corrected chi connectivity index (χ1v) is 11.8. The lowest BCUT2D eigenvalue weighted by Crippen LogP contribution is -2.34. The van der Waals surface area contributed by atoms with Crippen LogP contribution < -0.4 is 5.32 Å². The summed E-state index contributed by atoms with van der Waals surface area (Å²) in [5.41, 5.74) is 0. The molecule has 1 heterocycles. The minimum absolute atomic E-state index is 0.0483. The molecule has 0 radical (unpaired) electrons. The van der Waals surface area contributed by atoms with Crippen LogP contribution in [0.1, 0.15) is 116 Å². The van der Waals surface area contributed by atoms with Crippen LogP contribution in [0.2, 0.25) is 0 Å². The summed E-state index contributed by atoms with van der Waals surface area (Å²) in [5, 5.41) is 2.64. The first-order chi connectivity index (χ1) is 13.7. The first-order valence-electron chi connectivity index (χ1n) is 11.8. The van der Waals surface area contributed by atoms with E-state index >= 15 is 0 Å². The zero-order chi connectivity index (χ0) is 20.3. The zero-order valence-electron chi connectivity index (χ0n) is 18.2. The van der Waals surface area contributed by atoms with Gasteiger partial charge < -0.3 is 10.1 Å². The summed E-state index contributed by atoms with van der Waals surface area (Å²) in [6.45, 7) is 2.74. The molecule has 1 aliphatic heterocycles. The van der Waals surface area contributed by atoms with Crippen LogP contribution in [0.5, 0.6) is 0 Å². The zero-order valence-corrected chi connectivity index (χ0v) is 18.2. The number of amides is 1. The minimum atomic E-state index is -0.413. The SMILES string of the molecule is CCCCCCCCCCC/C=C/CCCCCCOC(=O)[C@@H]1CCC(=O)N1. The van der Waals surface area contributed by atoms with E-state index in [4.69, 9.17) is 4.74 Å². The molecule has 1 fully saturated rings. The van der Waals surface area contributed by atoms with Crippen LogP contribution in [0.4, 0.5) is 0 Å². The number of unbranched alkanes of at least 4 members (excludes halogenated alkanes) is 13. The van der Waals surface area contributed by atoms with Gasteiger partial charge in [-0.25, -0.2) is 4.79 Å². The van der Waals surface area contributed by atoms with Gasteiger partial charge in [0.2, 0.25) is 5.91 Å². The molecule has 0 aliphatic carbocycles. The van der Waals surface area contributed by atoms with Crippen LogP contribution >= 0.6 is 0 Å². The van der Waals surface area contributed by atoms with Gasteiger partial charge in [0.05, 0.1) is 6.61 Å². The highest BCUT2D eigenvalue weighted by molar-refractivity contribution is 5.87. The number of rotatable bonds is 18. The Morgan fingerprint density at radius 3 is 1.96 bits per heavy atom. The van der Waals surface area contributed by atoms with E-state index in [1.54, 1.807) is 0 Å². The standard InChI is InChI=1S/C24H43NO3/c1-2-3-4-5-6-7-8-9-10-11-12-13-14-15-16-17-18-21-28-24(27)22-19-20-23(26)25-22/h12-13,22H,2-11,14-21H2,1H3,(H,25,26)/b13-12+/t22-/m0/s1. The van der Waals surface area contributed by atoms with Crippen molar-refractivity contribution < 1.29 is 14.3 Å². The summed E-state index contributed by atoms with van der Waals surface area (Å²) >= 11 is 0. The van der Waals surface area contributed by atoms with Crippen molar-refractivity contribution in [1.29, 1.82) is 0 Å². The Bertz CT molecular complexity index is 434. The highest BCUT2D eigenvalue weighted by atomic mass is 16.5. The predicted octanol–water partition coefficient (Wildman–Crippen LogP) is 6.24. The number of hydrogen-bond acceptors (Lipinski definition) is 3. The average Bonchev–Trinajstić information content (AvgIpc) is 3.13. The molecular weight excluding hydrogens is 350 g/mol. The number of allylic oxidation sites excluding steroid dienone is 2. The Kier molecular flexibility index (Phi) is 15.7. The van der Waals surface area contributed by atoms with Crippen LogP contribution in [0.15, 0.2) is 12.2 Å². The van der Waals surface area contributed by atoms with Gasteiger partial charge >= 0.3 is 5.97 Å². The lowest BCUT2D eigenvalue weighted by molar-refractivity contribution is -0.146. The maximum Gasteiger partial charge on any atom is 0.328 e. The lowest BCUT2D eigenvalue weighted by Gasteiger charge is -2.09. The van der Waals surface area contributed by atoms with Crippen molar-refractivity contribution in [3.05, 3.63) is 12.2 Å². The van der Waals surface area contributed by atoms with Crippen LogP contribution in [-0.4, -0.2) is 24.5 Å². The number of hydrogen-bond donors (Lipinski definition) is 1. The fourth-order valence-electron chi connectivity index (χ4n) is 3.59. The van der Waals surface area contributed by atoms with Crippen molar-refractivity contribution >= 4 is 11.9 Å². The summed E-state index contributed by atoms with van der Waals surface area (Å²) < 4.78 is 5.23. The lowest BCUT2D eigenvalue weighted by atomic mass is 10.1. The molecular formula is C24H43NO3. The molecule has 0 bridgehead atoms. The third-order valence-electron chi connectivity index (χ3n) is 5.43. The van der Waals surface area contributed by atoms with Crippen molar-refractivity contribution in [2.75, 3.05) is 6.61 Å². The van der Waals surface area contributed by atoms with Gasteiger partial charge in [0.15, 0.2) is 0 Å². The quantitative estimate of drug-likeness (QED) is 0.170. The Morgan fingerprint density at radius 1 is 0.893 bits per heavy atom. The predicted molar refractivity (Wildman–Crippen MR) is 116 cm³/mol. The second-order valence-corrected chi connectivity index (χ2v) is 8.12. The highest BCUT2D eigenvalue weighted by Crippen LogP contribution is 2.12. The molecule has 1 rings (SSSR count). The van der Waals surface area contributed by atoms with E-state index < -0.39 is 6.04 Å². The summed E-state index contributed by atoms with van der Waals surface area (Å²) in [7, 11) is 0. The van der Waals surface area contributed by atoms with Gasteiger partial charge in [-0.2, -0.15) is 0 Å².